The van der Waals surface area contributed by atoms with Crippen LogP contribution in [0, 0.1) is 0 Å². The number of nitrogens with zero attached hydrogens (tertiary/aromatic N) is 2. The number of aryl methyl sites for hydroxylation is 2. The first-order valence-corrected chi connectivity index (χ1v) is 6.16. The SMILES string of the molecule is CCCCCCc1cnc(CCC)cn1. The van der Waals surface area contributed by atoms with Gasteiger partial charge in [0.05, 0.1) is 11.4 Å². The zero-order chi connectivity index (χ0) is 10.9. The van der Waals surface area contributed by atoms with E-state index in [1.165, 1.54) is 25.7 Å². The second-order valence-corrected chi connectivity index (χ2v) is 4.06. The largest absolute Gasteiger partial charge is 0.258 e. The molecule has 0 saturated carbocycles. The van der Waals surface area contributed by atoms with Gasteiger partial charge < -0.3 is 0 Å². The lowest BCUT2D eigenvalue weighted by atomic mass is 10.1. The molecule has 1 aromatic heterocycles. The van der Waals surface area contributed by atoms with Crippen LogP contribution in [0.4, 0.5) is 0 Å². The van der Waals surface area contributed by atoms with Gasteiger partial charge in [-0.25, -0.2) is 0 Å². The summed E-state index contributed by atoms with van der Waals surface area (Å²) >= 11 is 0. The monoisotopic (exact) mass is 206 g/mol. The van der Waals surface area contributed by atoms with Crippen molar-refractivity contribution in [1.29, 1.82) is 0 Å². The summed E-state index contributed by atoms with van der Waals surface area (Å²) in [4.78, 5) is 8.84. The van der Waals surface area contributed by atoms with Gasteiger partial charge in [0, 0.05) is 12.4 Å². The van der Waals surface area contributed by atoms with Crippen molar-refractivity contribution in [2.45, 2.75) is 58.8 Å². The van der Waals surface area contributed by atoms with E-state index >= 15 is 0 Å². The minimum absolute atomic E-state index is 1.04. The molecule has 1 aromatic rings. The summed E-state index contributed by atoms with van der Waals surface area (Å²) in [5.41, 5.74) is 2.26. The molecule has 0 aliphatic heterocycles. The first kappa shape index (κ1) is 12.2. The van der Waals surface area contributed by atoms with Gasteiger partial charge in [-0.2, -0.15) is 0 Å². The van der Waals surface area contributed by atoms with Crippen LogP contribution in [-0.4, -0.2) is 9.97 Å². The molecule has 0 saturated heterocycles. The van der Waals surface area contributed by atoms with Crippen LogP contribution in [0.5, 0.6) is 0 Å². The predicted molar refractivity (Wildman–Crippen MR) is 63.9 cm³/mol. The number of aromatic nitrogens is 2. The number of hydrogen-bond donors (Lipinski definition) is 0. The molecule has 84 valence electrons. The normalized spacial score (nSPS) is 10.5. The summed E-state index contributed by atoms with van der Waals surface area (Å²) in [6.45, 7) is 4.40. The molecule has 0 atom stereocenters. The molecule has 0 aliphatic rings. The number of hydrogen-bond acceptors (Lipinski definition) is 2. The van der Waals surface area contributed by atoms with E-state index < -0.39 is 0 Å². The Balaban J connectivity index is 2.29. The Bertz CT molecular complexity index is 254. The van der Waals surface area contributed by atoms with Gasteiger partial charge in [0.1, 0.15) is 0 Å². The molecule has 15 heavy (non-hydrogen) atoms. The highest BCUT2D eigenvalue weighted by Gasteiger charge is 1.97. The fourth-order valence-corrected chi connectivity index (χ4v) is 1.63. The summed E-state index contributed by atoms with van der Waals surface area (Å²) in [5.74, 6) is 0. The average molecular weight is 206 g/mol. The quantitative estimate of drug-likeness (QED) is 0.638. The molecule has 0 aliphatic carbocycles. The van der Waals surface area contributed by atoms with Crippen molar-refractivity contribution >= 4 is 0 Å². The molecule has 2 heteroatoms. The molecule has 0 N–H and O–H groups in total. The lowest BCUT2D eigenvalue weighted by molar-refractivity contribution is 0.658. The number of unbranched alkanes of at least 4 members (excludes halogenated alkanes) is 3. The molecule has 1 heterocycles. The third-order valence-corrected chi connectivity index (χ3v) is 2.55. The van der Waals surface area contributed by atoms with Crippen LogP contribution in [0.25, 0.3) is 0 Å². The topological polar surface area (TPSA) is 25.8 Å². The maximum Gasteiger partial charge on any atom is 0.0586 e. The fourth-order valence-electron chi connectivity index (χ4n) is 1.63. The first-order valence-electron chi connectivity index (χ1n) is 6.16. The van der Waals surface area contributed by atoms with Crippen LogP contribution < -0.4 is 0 Å². The summed E-state index contributed by atoms with van der Waals surface area (Å²) in [5, 5.41) is 0. The van der Waals surface area contributed by atoms with E-state index in [4.69, 9.17) is 0 Å². The Kier molecular flexibility index (Phi) is 5.98. The van der Waals surface area contributed by atoms with E-state index in [1.54, 1.807) is 0 Å². The van der Waals surface area contributed by atoms with Gasteiger partial charge >= 0.3 is 0 Å². The van der Waals surface area contributed by atoms with Gasteiger partial charge in [0.2, 0.25) is 0 Å². The maximum atomic E-state index is 4.43. The van der Waals surface area contributed by atoms with E-state index in [1.807, 2.05) is 12.4 Å². The fraction of sp³-hybridized carbons (Fsp3) is 0.692. The second kappa shape index (κ2) is 7.38. The smallest absolute Gasteiger partial charge is 0.0586 e. The molecule has 0 aromatic carbocycles. The third-order valence-electron chi connectivity index (χ3n) is 2.55. The van der Waals surface area contributed by atoms with Crippen molar-refractivity contribution < 1.29 is 0 Å². The Hall–Kier alpha value is -0.920. The Labute approximate surface area is 93.2 Å². The van der Waals surface area contributed by atoms with Gasteiger partial charge in [-0.3, -0.25) is 9.97 Å². The van der Waals surface area contributed by atoms with Gasteiger partial charge in [-0.05, 0) is 19.3 Å². The van der Waals surface area contributed by atoms with E-state index in [-0.39, 0.29) is 0 Å². The van der Waals surface area contributed by atoms with Gasteiger partial charge in [-0.15, -0.1) is 0 Å². The van der Waals surface area contributed by atoms with Crippen LogP contribution in [0.15, 0.2) is 12.4 Å². The Morgan fingerprint density at radius 1 is 0.800 bits per heavy atom. The second-order valence-electron chi connectivity index (χ2n) is 4.06. The lowest BCUT2D eigenvalue weighted by Gasteiger charge is -2.01. The maximum absolute atomic E-state index is 4.43. The zero-order valence-electron chi connectivity index (χ0n) is 10.00. The van der Waals surface area contributed by atoms with Crippen molar-refractivity contribution in [2.24, 2.45) is 0 Å². The van der Waals surface area contributed by atoms with E-state index in [0.29, 0.717) is 0 Å². The molecule has 0 unspecified atom stereocenters. The average Bonchev–Trinajstić information content (AvgIpc) is 2.27. The molecule has 0 radical (unpaired) electrons. The standard InChI is InChI=1S/C13H22N2/c1-3-5-6-7-9-13-11-14-12(8-4-2)10-15-13/h10-11H,3-9H2,1-2H3. The summed E-state index contributed by atoms with van der Waals surface area (Å²) < 4.78 is 0. The summed E-state index contributed by atoms with van der Waals surface area (Å²) in [6, 6.07) is 0. The highest BCUT2D eigenvalue weighted by Crippen LogP contribution is 2.05. The molecule has 0 bridgehead atoms. The molecular formula is C13H22N2. The minimum Gasteiger partial charge on any atom is -0.258 e. The van der Waals surface area contributed by atoms with E-state index in [2.05, 4.69) is 23.8 Å². The van der Waals surface area contributed by atoms with Crippen molar-refractivity contribution in [3.05, 3.63) is 23.8 Å². The first-order chi connectivity index (χ1) is 7.36. The molecule has 2 nitrogen and oxygen atoms in total. The molecule has 0 amide bonds. The van der Waals surface area contributed by atoms with Gasteiger partial charge in [-0.1, -0.05) is 39.5 Å². The van der Waals surface area contributed by atoms with Crippen molar-refractivity contribution in [1.82, 2.24) is 9.97 Å². The van der Waals surface area contributed by atoms with Crippen LogP contribution in [-0.2, 0) is 12.8 Å². The molecule has 0 fully saturated rings. The highest BCUT2D eigenvalue weighted by atomic mass is 14.8. The zero-order valence-corrected chi connectivity index (χ0v) is 10.00. The summed E-state index contributed by atoms with van der Waals surface area (Å²) in [6.07, 6.45) is 12.3. The van der Waals surface area contributed by atoms with E-state index in [9.17, 15) is 0 Å². The predicted octanol–water partition coefficient (Wildman–Crippen LogP) is 3.55. The molecular weight excluding hydrogens is 184 g/mol. The van der Waals surface area contributed by atoms with Crippen LogP contribution in [0.3, 0.4) is 0 Å². The van der Waals surface area contributed by atoms with Crippen LogP contribution in [0.2, 0.25) is 0 Å². The van der Waals surface area contributed by atoms with Crippen molar-refractivity contribution in [3.8, 4) is 0 Å². The molecule has 1 rings (SSSR count). The van der Waals surface area contributed by atoms with E-state index in [0.717, 1.165) is 30.7 Å². The highest BCUT2D eigenvalue weighted by molar-refractivity contribution is 5.02. The third kappa shape index (κ3) is 4.91. The van der Waals surface area contributed by atoms with Gasteiger partial charge in [0.25, 0.3) is 0 Å². The Morgan fingerprint density at radius 2 is 1.47 bits per heavy atom. The van der Waals surface area contributed by atoms with Crippen LogP contribution in [0.1, 0.15) is 57.3 Å². The number of rotatable bonds is 7. The van der Waals surface area contributed by atoms with Gasteiger partial charge in [0.15, 0.2) is 0 Å². The summed E-state index contributed by atoms with van der Waals surface area (Å²) in [7, 11) is 0. The minimum atomic E-state index is 1.04. The lowest BCUT2D eigenvalue weighted by Crippen LogP contribution is -1.96. The van der Waals surface area contributed by atoms with Crippen molar-refractivity contribution in [2.75, 3.05) is 0 Å². The Morgan fingerprint density at radius 3 is 2.00 bits per heavy atom. The molecule has 0 spiro atoms. The van der Waals surface area contributed by atoms with Crippen molar-refractivity contribution in [3.63, 3.8) is 0 Å². The van der Waals surface area contributed by atoms with Crippen LogP contribution >= 0.6 is 0 Å².